The van der Waals surface area contributed by atoms with E-state index in [-0.39, 0.29) is 18.3 Å². The average molecular weight is 301 g/mol. The summed E-state index contributed by atoms with van der Waals surface area (Å²) in [6, 6.07) is 6.97. The standard InChI is InChI=1S/C15H15N3O4/c1-9-16-13(22-17-9)11-4-2-3-5-12(11)14(19)18-7-6-10(8-18)15(20)21/h2-5,10H,6-8H2,1H3,(H,20,21). The summed E-state index contributed by atoms with van der Waals surface area (Å²) >= 11 is 0. The van der Waals surface area contributed by atoms with E-state index in [4.69, 9.17) is 9.63 Å². The Balaban J connectivity index is 1.89. The third-order valence-corrected chi connectivity index (χ3v) is 3.74. The SMILES string of the molecule is Cc1noc(-c2ccccc2C(=O)N2CCC(C(=O)O)C2)n1. The minimum atomic E-state index is -0.865. The second-order valence-corrected chi connectivity index (χ2v) is 5.27. The van der Waals surface area contributed by atoms with Gasteiger partial charge in [-0.15, -0.1) is 0 Å². The lowest BCUT2D eigenvalue weighted by Gasteiger charge is -2.17. The first-order chi connectivity index (χ1) is 10.6. The molecule has 1 amide bonds. The summed E-state index contributed by atoms with van der Waals surface area (Å²) in [5.74, 6) is -0.798. The zero-order valence-electron chi connectivity index (χ0n) is 12.0. The minimum Gasteiger partial charge on any atom is -0.481 e. The van der Waals surface area contributed by atoms with Crippen molar-refractivity contribution in [1.82, 2.24) is 15.0 Å². The van der Waals surface area contributed by atoms with Crippen LogP contribution in [0.4, 0.5) is 0 Å². The minimum absolute atomic E-state index is 0.213. The van der Waals surface area contributed by atoms with Crippen LogP contribution in [0.1, 0.15) is 22.6 Å². The molecule has 1 aromatic heterocycles. The van der Waals surface area contributed by atoms with Crippen LogP contribution in [0.3, 0.4) is 0 Å². The number of nitrogens with zero attached hydrogens (tertiary/aromatic N) is 3. The molecule has 1 atom stereocenters. The Bertz CT molecular complexity index is 725. The van der Waals surface area contributed by atoms with E-state index >= 15 is 0 Å². The molecule has 7 nitrogen and oxygen atoms in total. The summed E-state index contributed by atoms with van der Waals surface area (Å²) < 4.78 is 5.14. The molecule has 2 aromatic rings. The van der Waals surface area contributed by atoms with E-state index < -0.39 is 11.9 Å². The zero-order chi connectivity index (χ0) is 15.7. The summed E-state index contributed by atoms with van der Waals surface area (Å²) in [5.41, 5.74) is 1.00. The van der Waals surface area contributed by atoms with Gasteiger partial charge in [-0.1, -0.05) is 17.3 Å². The van der Waals surface area contributed by atoms with Crippen LogP contribution in [0.5, 0.6) is 0 Å². The molecule has 7 heteroatoms. The monoisotopic (exact) mass is 301 g/mol. The van der Waals surface area contributed by atoms with Crippen LogP contribution in [-0.2, 0) is 4.79 Å². The van der Waals surface area contributed by atoms with Gasteiger partial charge in [-0.05, 0) is 25.5 Å². The molecule has 0 bridgehead atoms. The molecule has 0 radical (unpaired) electrons. The van der Waals surface area contributed by atoms with Gasteiger partial charge in [0.25, 0.3) is 11.8 Å². The predicted molar refractivity (Wildman–Crippen MR) is 76.1 cm³/mol. The molecule has 1 N–H and O–H groups in total. The van der Waals surface area contributed by atoms with E-state index in [2.05, 4.69) is 10.1 Å². The van der Waals surface area contributed by atoms with E-state index in [1.165, 1.54) is 0 Å². The molecule has 1 saturated heterocycles. The maximum absolute atomic E-state index is 12.7. The lowest BCUT2D eigenvalue weighted by atomic mass is 10.1. The maximum Gasteiger partial charge on any atom is 0.308 e. The number of carbonyl (C=O) groups excluding carboxylic acids is 1. The van der Waals surface area contributed by atoms with Crippen LogP contribution >= 0.6 is 0 Å². The first-order valence-corrected chi connectivity index (χ1v) is 6.98. The molecule has 0 saturated carbocycles. The van der Waals surface area contributed by atoms with E-state index in [1.54, 1.807) is 36.1 Å². The third-order valence-electron chi connectivity index (χ3n) is 3.74. The van der Waals surface area contributed by atoms with Gasteiger partial charge in [0.2, 0.25) is 0 Å². The fraction of sp³-hybridized carbons (Fsp3) is 0.333. The van der Waals surface area contributed by atoms with Gasteiger partial charge in [-0.3, -0.25) is 9.59 Å². The van der Waals surface area contributed by atoms with Crippen molar-refractivity contribution in [3.63, 3.8) is 0 Å². The third kappa shape index (κ3) is 2.57. The van der Waals surface area contributed by atoms with Gasteiger partial charge in [0.1, 0.15) is 0 Å². The first kappa shape index (κ1) is 14.2. The van der Waals surface area contributed by atoms with Crippen molar-refractivity contribution in [2.75, 3.05) is 13.1 Å². The van der Waals surface area contributed by atoms with Crippen LogP contribution in [-0.4, -0.2) is 45.1 Å². The molecular weight excluding hydrogens is 286 g/mol. The molecule has 22 heavy (non-hydrogen) atoms. The van der Waals surface area contributed by atoms with Gasteiger partial charge in [-0.2, -0.15) is 4.98 Å². The van der Waals surface area contributed by atoms with E-state index in [0.717, 1.165) is 0 Å². The molecule has 3 rings (SSSR count). The molecule has 0 spiro atoms. The number of aryl methyl sites for hydroxylation is 1. The molecule has 2 heterocycles. The van der Waals surface area contributed by atoms with E-state index in [0.29, 0.717) is 29.9 Å². The second-order valence-electron chi connectivity index (χ2n) is 5.27. The number of amides is 1. The number of carboxylic acids is 1. The molecule has 1 unspecified atom stereocenters. The smallest absolute Gasteiger partial charge is 0.308 e. The fourth-order valence-electron chi connectivity index (χ4n) is 2.58. The normalized spacial score (nSPS) is 17.7. The molecule has 1 fully saturated rings. The topological polar surface area (TPSA) is 96.5 Å². The maximum atomic E-state index is 12.7. The van der Waals surface area contributed by atoms with Crippen molar-refractivity contribution in [1.29, 1.82) is 0 Å². The van der Waals surface area contributed by atoms with Gasteiger partial charge < -0.3 is 14.5 Å². The number of likely N-dealkylation sites (tertiary alicyclic amines) is 1. The number of benzene rings is 1. The number of hydrogen-bond acceptors (Lipinski definition) is 5. The summed E-state index contributed by atoms with van der Waals surface area (Å²) in [4.78, 5) is 29.4. The summed E-state index contributed by atoms with van der Waals surface area (Å²) in [5, 5.41) is 12.8. The van der Waals surface area contributed by atoms with Crippen molar-refractivity contribution in [3.8, 4) is 11.5 Å². The van der Waals surface area contributed by atoms with Gasteiger partial charge in [0.15, 0.2) is 5.82 Å². The zero-order valence-corrected chi connectivity index (χ0v) is 12.0. The first-order valence-electron chi connectivity index (χ1n) is 6.98. The molecule has 114 valence electrons. The van der Waals surface area contributed by atoms with Crippen LogP contribution in [0, 0.1) is 12.8 Å². The van der Waals surface area contributed by atoms with Crippen molar-refractivity contribution in [3.05, 3.63) is 35.7 Å². The Labute approximate surface area is 126 Å². The second kappa shape index (κ2) is 5.59. The number of carboxylic acid groups (broad SMARTS) is 1. The Hall–Kier alpha value is -2.70. The largest absolute Gasteiger partial charge is 0.481 e. The highest BCUT2D eigenvalue weighted by Gasteiger charge is 2.32. The Morgan fingerprint density at radius 3 is 2.77 bits per heavy atom. The number of hydrogen-bond donors (Lipinski definition) is 1. The van der Waals surface area contributed by atoms with Gasteiger partial charge in [0.05, 0.1) is 17.0 Å². The lowest BCUT2D eigenvalue weighted by molar-refractivity contribution is -0.141. The van der Waals surface area contributed by atoms with Crippen molar-refractivity contribution < 1.29 is 19.2 Å². The highest BCUT2D eigenvalue weighted by Crippen LogP contribution is 2.25. The highest BCUT2D eigenvalue weighted by atomic mass is 16.5. The summed E-state index contributed by atoms with van der Waals surface area (Å²) in [6.07, 6.45) is 0.475. The number of aromatic nitrogens is 2. The highest BCUT2D eigenvalue weighted by molar-refractivity contribution is 6.00. The fourth-order valence-corrected chi connectivity index (χ4v) is 2.58. The number of aliphatic carboxylic acids is 1. The predicted octanol–water partition coefficient (Wildman–Crippen LogP) is 1.59. The van der Waals surface area contributed by atoms with Crippen molar-refractivity contribution in [2.45, 2.75) is 13.3 Å². The average Bonchev–Trinajstić information content (AvgIpc) is 3.15. The Morgan fingerprint density at radius 1 is 1.36 bits per heavy atom. The van der Waals surface area contributed by atoms with Crippen LogP contribution in [0.2, 0.25) is 0 Å². The summed E-state index contributed by atoms with van der Waals surface area (Å²) in [7, 11) is 0. The van der Waals surface area contributed by atoms with Crippen LogP contribution < -0.4 is 0 Å². The van der Waals surface area contributed by atoms with E-state index in [1.807, 2.05) is 0 Å². The number of rotatable bonds is 3. The van der Waals surface area contributed by atoms with E-state index in [9.17, 15) is 9.59 Å². The van der Waals surface area contributed by atoms with Gasteiger partial charge >= 0.3 is 5.97 Å². The van der Waals surface area contributed by atoms with Crippen molar-refractivity contribution in [2.24, 2.45) is 5.92 Å². The van der Waals surface area contributed by atoms with Crippen molar-refractivity contribution >= 4 is 11.9 Å². The lowest BCUT2D eigenvalue weighted by Crippen LogP contribution is -2.30. The van der Waals surface area contributed by atoms with Gasteiger partial charge in [0, 0.05) is 13.1 Å². The Kier molecular flexibility index (Phi) is 3.62. The molecular formula is C15H15N3O4. The molecule has 0 aliphatic carbocycles. The quantitative estimate of drug-likeness (QED) is 0.924. The van der Waals surface area contributed by atoms with Crippen LogP contribution in [0.15, 0.2) is 28.8 Å². The van der Waals surface area contributed by atoms with Gasteiger partial charge in [-0.25, -0.2) is 0 Å². The molecule has 1 aromatic carbocycles. The molecule has 1 aliphatic heterocycles. The van der Waals surface area contributed by atoms with Crippen LogP contribution in [0.25, 0.3) is 11.5 Å². The molecule has 1 aliphatic rings. The number of carbonyl (C=O) groups is 2. The Morgan fingerprint density at radius 2 is 2.14 bits per heavy atom. The summed E-state index contributed by atoms with van der Waals surface area (Å²) in [6.45, 7) is 2.37.